The van der Waals surface area contributed by atoms with E-state index in [0.717, 1.165) is 24.1 Å². The SMILES string of the molecule is CNC(CCc1ccccn1)c1ccc(OC)c(F)c1. The molecular weight excluding hydrogens is 255 g/mol. The van der Waals surface area contributed by atoms with Gasteiger partial charge in [-0.15, -0.1) is 0 Å². The van der Waals surface area contributed by atoms with E-state index in [1.54, 1.807) is 12.3 Å². The maximum atomic E-state index is 13.7. The molecule has 1 aromatic heterocycles. The van der Waals surface area contributed by atoms with Crippen molar-refractivity contribution in [1.29, 1.82) is 0 Å². The van der Waals surface area contributed by atoms with Crippen LogP contribution in [0.15, 0.2) is 42.6 Å². The average molecular weight is 274 g/mol. The molecule has 0 saturated carbocycles. The van der Waals surface area contributed by atoms with Crippen molar-refractivity contribution in [3.05, 3.63) is 59.7 Å². The second kappa shape index (κ2) is 7.01. The molecule has 106 valence electrons. The summed E-state index contributed by atoms with van der Waals surface area (Å²) in [6.07, 6.45) is 3.50. The van der Waals surface area contributed by atoms with E-state index in [-0.39, 0.29) is 17.6 Å². The molecule has 20 heavy (non-hydrogen) atoms. The molecule has 0 radical (unpaired) electrons. The van der Waals surface area contributed by atoms with Crippen molar-refractivity contribution in [1.82, 2.24) is 10.3 Å². The van der Waals surface area contributed by atoms with Gasteiger partial charge in [-0.2, -0.15) is 0 Å². The minimum Gasteiger partial charge on any atom is -0.494 e. The molecule has 0 aliphatic carbocycles. The normalized spacial score (nSPS) is 12.2. The summed E-state index contributed by atoms with van der Waals surface area (Å²) in [5.74, 6) is -0.0589. The number of hydrogen-bond donors (Lipinski definition) is 1. The number of ether oxygens (including phenoxy) is 1. The van der Waals surface area contributed by atoms with Crippen molar-refractivity contribution < 1.29 is 9.13 Å². The van der Waals surface area contributed by atoms with Gasteiger partial charge in [0.2, 0.25) is 0 Å². The summed E-state index contributed by atoms with van der Waals surface area (Å²) in [5.41, 5.74) is 1.96. The lowest BCUT2D eigenvalue weighted by atomic mass is 10.0. The Balaban J connectivity index is 2.06. The fourth-order valence-corrected chi connectivity index (χ4v) is 2.22. The molecule has 2 aromatic rings. The third-order valence-electron chi connectivity index (χ3n) is 3.34. The van der Waals surface area contributed by atoms with E-state index in [1.807, 2.05) is 31.3 Å². The Morgan fingerprint density at radius 3 is 2.75 bits per heavy atom. The highest BCUT2D eigenvalue weighted by Gasteiger charge is 2.12. The lowest BCUT2D eigenvalue weighted by Gasteiger charge is -2.17. The van der Waals surface area contributed by atoms with Crippen LogP contribution in [0, 0.1) is 5.82 Å². The van der Waals surface area contributed by atoms with E-state index in [1.165, 1.54) is 13.2 Å². The van der Waals surface area contributed by atoms with Crippen LogP contribution in [0.25, 0.3) is 0 Å². The number of rotatable bonds is 6. The highest BCUT2D eigenvalue weighted by atomic mass is 19.1. The van der Waals surface area contributed by atoms with Crippen molar-refractivity contribution >= 4 is 0 Å². The maximum Gasteiger partial charge on any atom is 0.165 e. The topological polar surface area (TPSA) is 34.2 Å². The fraction of sp³-hybridized carbons (Fsp3) is 0.312. The number of pyridine rings is 1. The van der Waals surface area contributed by atoms with Gasteiger partial charge < -0.3 is 10.1 Å². The number of nitrogens with zero attached hydrogens (tertiary/aromatic N) is 1. The molecule has 4 heteroatoms. The van der Waals surface area contributed by atoms with Gasteiger partial charge in [0.1, 0.15) is 0 Å². The molecule has 1 heterocycles. The van der Waals surface area contributed by atoms with Crippen molar-refractivity contribution in [3.8, 4) is 5.75 Å². The Kier molecular flexibility index (Phi) is 5.07. The molecule has 1 atom stereocenters. The first kappa shape index (κ1) is 14.5. The van der Waals surface area contributed by atoms with Gasteiger partial charge in [0.15, 0.2) is 11.6 Å². The molecule has 0 fully saturated rings. The zero-order chi connectivity index (χ0) is 14.4. The molecule has 0 aliphatic rings. The van der Waals surface area contributed by atoms with E-state index >= 15 is 0 Å². The summed E-state index contributed by atoms with van der Waals surface area (Å²) < 4.78 is 18.7. The predicted octanol–water partition coefficient (Wildman–Crippen LogP) is 3.12. The van der Waals surface area contributed by atoms with E-state index in [2.05, 4.69) is 10.3 Å². The summed E-state index contributed by atoms with van der Waals surface area (Å²) in [6, 6.07) is 11.1. The van der Waals surface area contributed by atoms with Crippen LogP contribution in [-0.2, 0) is 6.42 Å². The van der Waals surface area contributed by atoms with Crippen LogP contribution in [-0.4, -0.2) is 19.1 Å². The van der Waals surface area contributed by atoms with E-state index in [0.29, 0.717) is 0 Å². The minimum atomic E-state index is -0.330. The van der Waals surface area contributed by atoms with E-state index in [4.69, 9.17) is 4.74 Å². The van der Waals surface area contributed by atoms with Crippen molar-refractivity contribution in [2.45, 2.75) is 18.9 Å². The maximum absolute atomic E-state index is 13.7. The lowest BCUT2D eigenvalue weighted by molar-refractivity contribution is 0.385. The summed E-state index contributed by atoms with van der Waals surface area (Å²) in [5, 5.41) is 3.22. The Labute approximate surface area is 118 Å². The molecule has 0 saturated heterocycles. The largest absolute Gasteiger partial charge is 0.494 e. The van der Waals surface area contributed by atoms with Gasteiger partial charge in [0, 0.05) is 17.9 Å². The molecule has 0 spiro atoms. The molecule has 3 nitrogen and oxygen atoms in total. The van der Waals surface area contributed by atoms with Crippen molar-refractivity contribution in [2.75, 3.05) is 14.2 Å². The number of aryl methyl sites for hydroxylation is 1. The summed E-state index contributed by atoms with van der Waals surface area (Å²) in [4.78, 5) is 4.30. The number of benzene rings is 1. The molecule has 2 rings (SSSR count). The Morgan fingerprint density at radius 1 is 1.30 bits per heavy atom. The molecular formula is C16H19FN2O. The van der Waals surface area contributed by atoms with E-state index in [9.17, 15) is 4.39 Å². The zero-order valence-electron chi connectivity index (χ0n) is 11.8. The highest BCUT2D eigenvalue weighted by molar-refractivity contribution is 5.31. The fourth-order valence-electron chi connectivity index (χ4n) is 2.22. The van der Waals surface area contributed by atoms with Gasteiger partial charge in [0.05, 0.1) is 7.11 Å². The summed E-state index contributed by atoms with van der Waals surface area (Å²) >= 11 is 0. The van der Waals surface area contributed by atoms with Crippen LogP contribution < -0.4 is 10.1 Å². The molecule has 0 aliphatic heterocycles. The highest BCUT2D eigenvalue weighted by Crippen LogP contribution is 2.24. The van der Waals surface area contributed by atoms with Crippen molar-refractivity contribution in [2.24, 2.45) is 0 Å². The first-order valence-corrected chi connectivity index (χ1v) is 6.65. The molecule has 1 N–H and O–H groups in total. The standard InChI is InChI=1S/C16H19FN2O/c1-18-15(8-7-13-5-3-4-10-19-13)12-6-9-16(20-2)14(17)11-12/h3-6,9-11,15,18H,7-8H2,1-2H3. The molecule has 0 amide bonds. The minimum absolute atomic E-state index is 0.0948. The second-order valence-corrected chi connectivity index (χ2v) is 4.59. The smallest absolute Gasteiger partial charge is 0.165 e. The zero-order valence-corrected chi connectivity index (χ0v) is 11.8. The Bertz CT molecular complexity index is 545. The van der Waals surface area contributed by atoms with Gasteiger partial charge >= 0.3 is 0 Å². The van der Waals surface area contributed by atoms with Gasteiger partial charge in [0.25, 0.3) is 0 Å². The average Bonchev–Trinajstić information content (AvgIpc) is 2.49. The van der Waals surface area contributed by atoms with Gasteiger partial charge in [-0.3, -0.25) is 4.98 Å². The van der Waals surface area contributed by atoms with Crippen LogP contribution in [0.2, 0.25) is 0 Å². The van der Waals surface area contributed by atoms with Crippen LogP contribution in [0.4, 0.5) is 4.39 Å². The number of hydrogen-bond acceptors (Lipinski definition) is 3. The number of methoxy groups -OCH3 is 1. The quantitative estimate of drug-likeness (QED) is 0.878. The van der Waals surface area contributed by atoms with E-state index < -0.39 is 0 Å². The Morgan fingerprint density at radius 2 is 2.15 bits per heavy atom. The first-order chi connectivity index (χ1) is 9.74. The van der Waals surface area contributed by atoms with Crippen LogP contribution >= 0.6 is 0 Å². The first-order valence-electron chi connectivity index (χ1n) is 6.65. The number of halogens is 1. The van der Waals surface area contributed by atoms with Crippen LogP contribution in [0.5, 0.6) is 5.75 Å². The molecule has 0 bridgehead atoms. The Hall–Kier alpha value is -1.94. The lowest BCUT2D eigenvalue weighted by Crippen LogP contribution is -2.17. The predicted molar refractivity (Wildman–Crippen MR) is 77.3 cm³/mol. The van der Waals surface area contributed by atoms with Crippen molar-refractivity contribution in [3.63, 3.8) is 0 Å². The van der Waals surface area contributed by atoms with Gasteiger partial charge in [-0.1, -0.05) is 12.1 Å². The van der Waals surface area contributed by atoms with Gasteiger partial charge in [-0.25, -0.2) is 4.39 Å². The van der Waals surface area contributed by atoms with Gasteiger partial charge in [-0.05, 0) is 49.7 Å². The monoisotopic (exact) mass is 274 g/mol. The molecule has 1 aromatic carbocycles. The number of aromatic nitrogens is 1. The summed E-state index contributed by atoms with van der Waals surface area (Å²) in [6.45, 7) is 0. The number of nitrogens with one attached hydrogen (secondary N) is 1. The third kappa shape index (κ3) is 3.54. The van der Waals surface area contributed by atoms with Crippen LogP contribution in [0.3, 0.4) is 0 Å². The third-order valence-corrected chi connectivity index (χ3v) is 3.34. The summed E-state index contributed by atoms with van der Waals surface area (Å²) in [7, 11) is 3.35. The van der Waals surface area contributed by atoms with Crippen LogP contribution in [0.1, 0.15) is 23.7 Å². The molecule has 1 unspecified atom stereocenters. The second-order valence-electron chi connectivity index (χ2n) is 4.59.